The highest BCUT2D eigenvalue weighted by molar-refractivity contribution is 6.21. The molecule has 1 N–H and O–H groups in total. The summed E-state index contributed by atoms with van der Waals surface area (Å²) in [4.78, 5) is 16.4. The van der Waals surface area contributed by atoms with Crippen LogP contribution in [0.4, 0.5) is 5.69 Å². The van der Waals surface area contributed by atoms with Crippen LogP contribution in [0.25, 0.3) is 5.52 Å². The van der Waals surface area contributed by atoms with Gasteiger partial charge in [-0.2, -0.15) is 0 Å². The molecule has 2 aromatic rings. The smallest absolute Gasteiger partial charge is 0.260 e. The van der Waals surface area contributed by atoms with Crippen molar-refractivity contribution < 1.29 is 19.1 Å². The van der Waals surface area contributed by atoms with E-state index in [1.54, 1.807) is 11.4 Å². The van der Waals surface area contributed by atoms with Crippen LogP contribution in [0.15, 0.2) is 52.9 Å². The molecule has 1 aliphatic carbocycles. The van der Waals surface area contributed by atoms with Gasteiger partial charge >= 0.3 is 0 Å². The van der Waals surface area contributed by atoms with Crippen molar-refractivity contribution >= 4 is 22.7 Å². The van der Waals surface area contributed by atoms with Gasteiger partial charge < -0.3 is 14.3 Å². The first-order valence-corrected chi connectivity index (χ1v) is 10.1. The second kappa shape index (κ2) is 7.83. The minimum atomic E-state index is -0.212. The molecule has 2 aliphatic rings. The van der Waals surface area contributed by atoms with Crippen LogP contribution in [0, 0.1) is 0 Å². The molecule has 29 heavy (non-hydrogen) atoms. The summed E-state index contributed by atoms with van der Waals surface area (Å²) in [6.45, 7) is 5.42. The van der Waals surface area contributed by atoms with Crippen LogP contribution in [0.2, 0.25) is 0 Å². The van der Waals surface area contributed by atoms with E-state index in [1.165, 1.54) is 44.5 Å². The number of quaternary nitrogens is 1. The molecule has 1 saturated heterocycles. The Balaban J connectivity index is 1.62. The number of ketones is 1. The predicted octanol–water partition coefficient (Wildman–Crippen LogP) is 3.39. The molecular weight excluding hydrogens is 368 g/mol. The maximum atomic E-state index is 11.8. The number of aliphatic hydroxyl groups excluding tert-OH is 1. The number of pyridine rings is 1. The van der Waals surface area contributed by atoms with Crippen LogP contribution in [0.3, 0.4) is 0 Å². The Hall–Kier alpha value is -2.93. The van der Waals surface area contributed by atoms with Crippen LogP contribution < -0.4 is 4.74 Å². The van der Waals surface area contributed by atoms with Gasteiger partial charge in [-0.3, -0.25) is 4.79 Å². The van der Waals surface area contributed by atoms with Crippen LogP contribution in [0.5, 0.6) is 5.88 Å². The molecule has 0 spiro atoms. The van der Waals surface area contributed by atoms with Crippen LogP contribution in [-0.4, -0.2) is 64.0 Å². The number of fused-ring (bicyclic) bond motifs is 1. The topological polar surface area (TPSA) is 76.2 Å². The number of aromatic nitrogens is 2. The molecule has 1 aliphatic heterocycles. The van der Waals surface area contributed by atoms with E-state index in [1.807, 2.05) is 24.4 Å². The molecular formula is C22H27N4O3+. The Kier molecular flexibility index (Phi) is 5.24. The number of allylic oxidation sites excluding steroid dienone is 3. The fraction of sp³-hybridized carbons (Fsp3) is 0.409. The van der Waals surface area contributed by atoms with E-state index in [0.717, 1.165) is 16.5 Å². The highest BCUT2D eigenvalue weighted by Gasteiger charge is 2.25. The zero-order valence-corrected chi connectivity index (χ0v) is 17.0. The lowest BCUT2D eigenvalue weighted by molar-refractivity contribution is -0.914. The van der Waals surface area contributed by atoms with Gasteiger partial charge in [0.15, 0.2) is 11.5 Å². The second-order valence-electron chi connectivity index (χ2n) is 8.05. The van der Waals surface area contributed by atoms with Gasteiger partial charge in [0.1, 0.15) is 24.6 Å². The summed E-state index contributed by atoms with van der Waals surface area (Å²) in [5.41, 5.74) is 1.96. The van der Waals surface area contributed by atoms with Crippen molar-refractivity contribution in [2.45, 2.75) is 26.2 Å². The van der Waals surface area contributed by atoms with Gasteiger partial charge in [0.2, 0.25) is 0 Å². The standard InChI is InChI=1S/C22H26N4O3/c1-16-19(27)10-9-17(21(16)28)23-20-18-8-4-5-11-25(18)24-22(20)29-15-14-26(2)12-6-3-7-13-26/h4-5,8-11H,3,6-7,12-15H2,1-2H3/p+1/b23-17+. The van der Waals surface area contributed by atoms with E-state index in [9.17, 15) is 9.90 Å². The normalized spacial score (nSPS) is 20.6. The van der Waals surface area contributed by atoms with E-state index < -0.39 is 0 Å². The molecule has 0 atom stereocenters. The molecule has 152 valence electrons. The molecule has 0 amide bonds. The average molecular weight is 395 g/mol. The Morgan fingerprint density at radius 2 is 2.03 bits per heavy atom. The molecule has 3 heterocycles. The summed E-state index contributed by atoms with van der Waals surface area (Å²) < 4.78 is 8.81. The predicted molar refractivity (Wildman–Crippen MR) is 112 cm³/mol. The second-order valence-corrected chi connectivity index (χ2v) is 8.05. The first-order valence-electron chi connectivity index (χ1n) is 10.1. The third-order valence-corrected chi connectivity index (χ3v) is 5.84. The minimum Gasteiger partial charge on any atom is -0.505 e. The summed E-state index contributed by atoms with van der Waals surface area (Å²) in [6.07, 6.45) is 8.63. The maximum absolute atomic E-state index is 11.8. The lowest BCUT2D eigenvalue weighted by atomic mass is 10.0. The molecule has 2 aromatic heterocycles. The van der Waals surface area contributed by atoms with Crippen LogP contribution in [0.1, 0.15) is 26.2 Å². The number of nitrogens with zero attached hydrogens (tertiary/aromatic N) is 4. The number of likely N-dealkylation sites (N-methyl/N-ethyl adjacent to an activating group) is 1. The van der Waals surface area contributed by atoms with Gasteiger partial charge in [0.25, 0.3) is 5.88 Å². The average Bonchev–Trinajstić information content (AvgIpc) is 3.06. The van der Waals surface area contributed by atoms with Crippen molar-refractivity contribution in [2.75, 3.05) is 33.3 Å². The molecule has 7 heteroatoms. The number of piperidine rings is 1. The summed E-state index contributed by atoms with van der Waals surface area (Å²) in [7, 11) is 2.28. The summed E-state index contributed by atoms with van der Waals surface area (Å²) in [5.74, 6) is 0.115. The molecule has 0 saturated carbocycles. The van der Waals surface area contributed by atoms with E-state index in [0.29, 0.717) is 23.9 Å². The highest BCUT2D eigenvalue weighted by Crippen LogP contribution is 2.33. The largest absolute Gasteiger partial charge is 0.505 e. The summed E-state index contributed by atoms with van der Waals surface area (Å²) in [6, 6.07) is 5.70. The zero-order valence-electron chi connectivity index (χ0n) is 17.0. The van der Waals surface area contributed by atoms with E-state index >= 15 is 0 Å². The molecule has 4 rings (SSSR count). The van der Waals surface area contributed by atoms with Crippen molar-refractivity contribution in [2.24, 2.45) is 4.99 Å². The Labute approximate surface area is 170 Å². The maximum Gasteiger partial charge on any atom is 0.260 e. The van der Waals surface area contributed by atoms with Crippen LogP contribution >= 0.6 is 0 Å². The van der Waals surface area contributed by atoms with Gasteiger partial charge in [0.05, 0.1) is 25.7 Å². The fourth-order valence-corrected chi connectivity index (χ4v) is 3.91. The minimum absolute atomic E-state index is 0.106. The number of aliphatic imine (C=N–C) groups is 1. The Bertz CT molecular complexity index is 1030. The molecule has 0 bridgehead atoms. The Morgan fingerprint density at radius 3 is 2.83 bits per heavy atom. The third-order valence-electron chi connectivity index (χ3n) is 5.84. The quantitative estimate of drug-likeness (QED) is 0.622. The monoisotopic (exact) mass is 395 g/mol. The SMILES string of the molecule is CC1=C(O)/C(=N/c2c(OCC[N+]3(C)CCCCC3)nn3ccccc23)C=CC1=O. The van der Waals surface area contributed by atoms with Crippen molar-refractivity contribution in [3.63, 3.8) is 0 Å². The number of hydrogen-bond acceptors (Lipinski definition) is 5. The van der Waals surface area contributed by atoms with Gasteiger partial charge in [-0.05, 0) is 50.5 Å². The number of carbonyl (C=O) groups is 1. The number of carbonyl (C=O) groups excluding carboxylic acids is 1. The number of hydrogen-bond donors (Lipinski definition) is 1. The third kappa shape index (κ3) is 3.96. The van der Waals surface area contributed by atoms with E-state index in [4.69, 9.17) is 4.74 Å². The van der Waals surface area contributed by atoms with Crippen molar-refractivity contribution in [3.05, 3.63) is 47.9 Å². The first-order chi connectivity index (χ1) is 14.0. The van der Waals surface area contributed by atoms with Crippen LogP contribution in [-0.2, 0) is 4.79 Å². The summed E-state index contributed by atoms with van der Waals surface area (Å²) in [5, 5.41) is 14.9. The van der Waals surface area contributed by atoms with Gasteiger partial charge in [-0.15, -0.1) is 5.10 Å². The first kappa shape index (κ1) is 19.4. The zero-order chi connectivity index (χ0) is 20.4. The van der Waals surface area contributed by atoms with Crippen molar-refractivity contribution in [1.82, 2.24) is 9.61 Å². The molecule has 0 aromatic carbocycles. The van der Waals surface area contributed by atoms with E-state index in [2.05, 4.69) is 17.1 Å². The van der Waals surface area contributed by atoms with Crippen molar-refractivity contribution in [3.8, 4) is 5.88 Å². The van der Waals surface area contributed by atoms with Crippen molar-refractivity contribution in [1.29, 1.82) is 0 Å². The Morgan fingerprint density at radius 1 is 1.24 bits per heavy atom. The number of rotatable bonds is 5. The lowest BCUT2D eigenvalue weighted by Gasteiger charge is -2.37. The number of likely N-dealkylation sites (tertiary alicyclic amines) is 1. The molecule has 1 fully saturated rings. The fourth-order valence-electron chi connectivity index (χ4n) is 3.91. The molecule has 0 unspecified atom stereocenters. The van der Waals surface area contributed by atoms with Gasteiger partial charge in [0, 0.05) is 11.8 Å². The highest BCUT2D eigenvalue weighted by atomic mass is 16.5. The molecule has 0 radical (unpaired) electrons. The molecule has 7 nitrogen and oxygen atoms in total. The van der Waals surface area contributed by atoms with Gasteiger partial charge in [-0.1, -0.05) is 6.07 Å². The number of aliphatic hydroxyl groups is 1. The van der Waals surface area contributed by atoms with E-state index in [-0.39, 0.29) is 17.1 Å². The van der Waals surface area contributed by atoms with Gasteiger partial charge in [-0.25, -0.2) is 9.51 Å². The number of ether oxygens (including phenoxy) is 1. The lowest BCUT2D eigenvalue weighted by Crippen LogP contribution is -2.50. The summed E-state index contributed by atoms with van der Waals surface area (Å²) >= 11 is 0.